The predicted molar refractivity (Wildman–Crippen MR) is 97.4 cm³/mol. The molecule has 0 aliphatic carbocycles. The number of rotatable bonds is 3. The number of carbonyl (C=O) groups excluding carboxylic acids is 1. The van der Waals surface area contributed by atoms with Crippen LogP contribution < -0.4 is 5.32 Å². The molecule has 0 unspecified atom stereocenters. The largest absolute Gasteiger partial charge is 0.444 e. The van der Waals surface area contributed by atoms with Gasteiger partial charge in [-0.1, -0.05) is 32.0 Å². The van der Waals surface area contributed by atoms with Crippen molar-refractivity contribution in [3.8, 4) is 0 Å². The molecule has 2 saturated heterocycles. The zero-order valence-corrected chi connectivity index (χ0v) is 15.5. The molecule has 2 aliphatic rings. The van der Waals surface area contributed by atoms with Gasteiger partial charge in [-0.2, -0.15) is 0 Å². The van der Waals surface area contributed by atoms with Crippen LogP contribution in [0.4, 0.5) is 10.5 Å². The second kappa shape index (κ2) is 6.30. The molecule has 3 rings (SSSR count). The van der Waals surface area contributed by atoms with Gasteiger partial charge in [-0.05, 0) is 57.6 Å². The van der Waals surface area contributed by atoms with E-state index in [2.05, 4.69) is 43.4 Å². The minimum atomic E-state index is -0.438. The Morgan fingerprint density at radius 3 is 2.62 bits per heavy atom. The summed E-state index contributed by atoms with van der Waals surface area (Å²) in [6, 6.07) is 9.38. The summed E-state index contributed by atoms with van der Waals surface area (Å²) in [7, 11) is 0. The van der Waals surface area contributed by atoms with Gasteiger partial charge in [0.2, 0.25) is 0 Å². The number of amides is 1. The summed E-state index contributed by atoms with van der Waals surface area (Å²) in [4.78, 5) is 14.6. The van der Waals surface area contributed by atoms with Crippen molar-refractivity contribution in [1.82, 2.24) is 4.90 Å². The molecule has 2 bridgehead atoms. The standard InChI is InChI=1S/C20H30N2O2/c1-13(2)15-8-6-7-9-16(15)21-17-12-14-10-11-18(17)22(14)19(23)24-20(3,4)5/h6-9,13-14,17-18,21H,10-12H2,1-5H3/t14-,17-,18+/m0/s1. The predicted octanol–water partition coefficient (Wildman–Crippen LogP) is 4.76. The lowest BCUT2D eigenvalue weighted by Crippen LogP contribution is -2.42. The van der Waals surface area contributed by atoms with Crippen LogP contribution in [0, 0.1) is 0 Å². The number of nitrogens with one attached hydrogen (secondary N) is 1. The number of ether oxygens (including phenoxy) is 1. The molecule has 3 atom stereocenters. The minimum absolute atomic E-state index is 0.156. The highest BCUT2D eigenvalue weighted by Crippen LogP contribution is 2.40. The first-order valence-corrected chi connectivity index (χ1v) is 9.13. The Labute approximate surface area is 145 Å². The maximum absolute atomic E-state index is 12.6. The van der Waals surface area contributed by atoms with Crippen LogP contribution in [-0.2, 0) is 4.74 Å². The van der Waals surface area contributed by atoms with Crippen LogP contribution >= 0.6 is 0 Å². The van der Waals surface area contributed by atoms with Crippen LogP contribution in [0.15, 0.2) is 24.3 Å². The number of hydrogen-bond acceptors (Lipinski definition) is 3. The number of para-hydroxylation sites is 1. The summed E-state index contributed by atoms with van der Waals surface area (Å²) >= 11 is 0. The molecule has 4 heteroatoms. The Morgan fingerprint density at radius 1 is 1.25 bits per heavy atom. The van der Waals surface area contributed by atoms with Gasteiger partial charge in [0.15, 0.2) is 0 Å². The number of anilines is 1. The van der Waals surface area contributed by atoms with Crippen molar-refractivity contribution in [3.05, 3.63) is 29.8 Å². The van der Waals surface area contributed by atoms with Crippen molar-refractivity contribution < 1.29 is 9.53 Å². The van der Waals surface area contributed by atoms with Crippen molar-refractivity contribution in [2.24, 2.45) is 0 Å². The van der Waals surface area contributed by atoms with Crippen LogP contribution in [0.5, 0.6) is 0 Å². The molecule has 24 heavy (non-hydrogen) atoms. The van der Waals surface area contributed by atoms with E-state index < -0.39 is 5.60 Å². The first-order chi connectivity index (χ1) is 11.3. The van der Waals surface area contributed by atoms with Gasteiger partial charge < -0.3 is 15.0 Å². The van der Waals surface area contributed by atoms with Gasteiger partial charge in [-0.15, -0.1) is 0 Å². The minimum Gasteiger partial charge on any atom is -0.444 e. The van der Waals surface area contributed by atoms with E-state index in [-0.39, 0.29) is 12.1 Å². The van der Waals surface area contributed by atoms with Crippen LogP contribution in [-0.4, -0.2) is 34.7 Å². The van der Waals surface area contributed by atoms with Crippen molar-refractivity contribution >= 4 is 11.8 Å². The van der Waals surface area contributed by atoms with Gasteiger partial charge in [0.25, 0.3) is 0 Å². The Hall–Kier alpha value is -1.71. The second-order valence-electron chi connectivity index (χ2n) is 8.41. The maximum Gasteiger partial charge on any atom is 0.410 e. The topological polar surface area (TPSA) is 41.6 Å². The fourth-order valence-corrected chi connectivity index (χ4v) is 4.07. The average Bonchev–Trinajstić information content (AvgIpc) is 3.03. The zero-order chi connectivity index (χ0) is 17.5. The third kappa shape index (κ3) is 3.38. The molecule has 0 spiro atoms. The molecule has 1 N–H and O–H groups in total. The molecule has 1 aromatic rings. The van der Waals surface area contributed by atoms with E-state index in [9.17, 15) is 4.79 Å². The highest BCUT2D eigenvalue weighted by Gasteiger charge is 2.50. The molecule has 132 valence electrons. The highest BCUT2D eigenvalue weighted by atomic mass is 16.6. The van der Waals surface area contributed by atoms with Crippen LogP contribution in [0.3, 0.4) is 0 Å². The number of fused-ring (bicyclic) bond motifs is 2. The normalized spacial score (nSPS) is 26.1. The molecule has 0 radical (unpaired) electrons. The summed E-state index contributed by atoms with van der Waals surface area (Å²) in [6.45, 7) is 10.2. The Kier molecular flexibility index (Phi) is 4.50. The number of hydrogen-bond donors (Lipinski definition) is 1. The molecular weight excluding hydrogens is 300 g/mol. The van der Waals surface area contributed by atoms with E-state index in [0.717, 1.165) is 19.3 Å². The van der Waals surface area contributed by atoms with Gasteiger partial charge in [0.05, 0.1) is 6.04 Å². The Balaban J connectivity index is 1.73. The lowest BCUT2D eigenvalue weighted by atomic mass is 9.94. The first-order valence-electron chi connectivity index (χ1n) is 9.13. The molecular formula is C20H30N2O2. The molecule has 2 fully saturated rings. The van der Waals surface area contributed by atoms with Crippen molar-refractivity contribution in [3.63, 3.8) is 0 Å². The van der Waals surface area contributed by atoms with Gasteiger partial charge in [0, 0.05) is 17.8 Å². The molecule has 2 aliphatic heterocycles. The fraction of sp³-hybridized carbons (Fsp3) is 0.650. The molecule has 2 heterocycles. The van der Waals surface area contributed by atoms with E-state index in [4.69, 9.17) is 4.74 Å². The van der Waals surface area contributed by atoms with Gasteiger partial charge in [-0.3, -0.25) is 0 Å². The second-order valence-corrected chi connectivity index (χ2v) is 8.41. The number of benzene rings is 1. The lowest BCUT2D eigenvalue weighted by molar-refractivity contribution is 0.0214. The van der Waals surface area contributed by atoms with Crippen molar-refractivity contribution in [1.29, 1.82) is 0 Å². The molecule has 0 aromatic heterocycles. The van der Waals surface area contributed by atoms with Crippen LogP contribution in [0.25, 0.3) is 0 Å². The summed E-state index contributed by atoms with van der Waals surface area (Å²) in [5, 5.41) is 3.72. The van der Waals surface area contributed by atoms with E-state index in [1.54, 1.807) is 0 Å². The summed E-state index contributed by atoms with van der Waals surface area (Å²) in [5.41, 5.74) is 2.10. The van der Waals surface area contributed by atoms with E-state index in [1.165, 1.54) is 11.3 Å². The van der Waals surface area contributed by atoms with Crippen molar-refractivity contribution in [2.75, 3.05) is 5.32 Å². The van der Waals surface area contributed by atoms with Gasteiger partial charge in [0.1, 0.15) is 5.60 Å². The van der Waals surface area contributed by atoms with Gasteiger partial charge in [-0.25, -0.2) is 4.79 Å². The van der Waals surface area contributed by atoms with E-state index in [1.807, 2.05) is 25.7 Å². The quantitative estimate of drug-likeness (QED) is 0.868. The smallest absolute Gasteiger partial charge is 0.410 e. The first kappa shape index (κ1) is 17.1. The molecule has 1 aromatic carbocycles. The fourth-order valence-electron chi connectivity index (χ4n) is 4.07. The third-order valence-electron chi connectivity index (χ3n) is 5.06. The molecule has 1 amide bonds. The molecule has 0 saturated carbocycles. The maximum atomic E-state index is 12.6. The average molecular weight is 330 g/mol. The number of carbonyl (C=O) groups is 1. The molecule has 4 nitrogen and oxygen atoms in total. The van der Waals surface area contributed by atoms with E-state index >= 15 is 0 Å². The SMILES string of the molecule is CC(C)c1ccccc1N[C@H]1C[C@@H]2CC[C@H]1N2C(=O)OC(C)(C)C. The van der Waals surface area contributed by atoms with E-state index in [0.29, 0.717) is 18.0 Å². The zero-order valence-electron chi connectivity index (χ0n) is 15.5. The summed E-state index contributed by atoms with van der Waals surface area (Å²) in [6.07, 6.45) is 3.01. The Bertz CT molecular complexity index is 606. The third-order valence-corrected chi connectivity index (χ3v) is 5.06. The van der Waals surface area contributed by atoms with Crippen LogP contribution in [0.2, 0.25) is 0 Å². The highest BCUT2D eigenvalue weighted by molar-refractivity contribution is 5.70. The van der Waals surface area contributed by atoms with Crippen molar-refractivity contribution in [2.45, 2.75) is 83.5 Å². The monoisotopic (exact) mass is 330 g/mol. The lowest BCUT2D eigenvalue weighted by Gasteiger charge is -2.29. The van der Waals surface area contributed by atoms with Crippen LogP contribution in [0.1, 0.15) is 65.4 Å². The summed E-state index contributed by atoms with van der Waals surface area (Å²) in [5.74, 6) is 0.481. The van der Waals surface area contributed by atoms with Gasteiger partial charge >= 0.3 is 6.09 Å². The Morgan fingerprint density at radius 2 is 1.96 bits per heavy atom. The number of nitrogens with zero attached hydrogens (tertiary/aromatic N) is 1. The summed E-state index contributed by atoms with van der Waals surface area (Å²) < 4.78 is 5.62.